The molecule has 20 heavy (non-hydrogen) atoms. The van der Waals surface area contributed by atoms with Gasteiger partial charge in [-0.3, -0.25) is 4.98 Å². The number of benzene rings is 2. The zero-order valence-electron chi connectivity index (χ0n) is 10.5. The van der Waals surface area contributed by atoms with Crippen LogP contribution in [0, 0.1) is 0 Å². The smallest absolute Gasteiger partial charge is 0.389 e. The van der Waals surface area contributed by atoms with Gasteiger partial charge in [0.15, 0.2) is 0 Å². The zero-order valence-corrected chi connectivity index (χ0v) is 10.5. The van der Waals surface area contributed by atoms with Crippen LogP contribution in [0.2, 0.25) is 0 Å². The predicted molar refractivity (Wildman–Crippen MR) is 77.6 cm³/mol. The first-order valence-electron chi connectivity index (χ1n) is 6.30. The van der Waals surface area contributed by atoms with E-state index in [1.54, 1.807) is 0 Å². The lowest BCUT2D eigenvalue weighted by molar-refractivity contribution is 0.546. The van der Waals surface area contributed by atoms with Gasteiger partial charge in [-0.25, -0.2) is 9.78 Å². The second-order valence-electron chi connectivity index (χ2n) is 4.57. The summed E-state index contributed by atoms with van der Waals surface area (Å²) in [5.74, 6) is -0.483. The van der Waals surface area contributed by atoms with E-state index in [4.69, 9.17) is 4.42 Å². The SMILES string of the molecule is O=c1[nH]c2c(nc(-c3ccccc3)c3ccccc32)o1. The lowest BCUT2D eigenvalue weighted by atomic mass is 10.0. The van der Waals surface area contributed by atoms with Crippen LogP contribution in [0.25, 0.3) is 33.3 Å². The molecule has 0 amide bonds. The van der Waals surface area contributed by atoms with Crippen molar-refractivity contribution in [2.24, 2.45) is 0 Å². The summed E-state index contributed by atoms with van der Waals surface area (Å²) in [6, 6.07) is 17.7. The predicted octanol–water partition coefficient (Wildman–Crippen LogP) is 3.34. The number of nitrogens with zero attached hydrogens (tertiary/aromatic N) is 1. The third kappa shape index (κ3) is 1.55. The summed E-state index contributed by atoms with van der Waals surface area (Å²) >= 11 is 0. The second-order valence-corrected chi connectivity index (χ2v) is 4.57. The summed E-state index contributed by atoms with van der Waals surface area (Å²) in [5, 5.41) is 1.92. The van der Waals surface area contributed by atoms with Gasteiger partial charge < -0.3 is 4.42 Å². The molecule has 0 aliphatic heterocycles. The monoisotopic (exact) mass is 262 g/mol. The number of aromatic amines is 1. The first kappa shape index (κ1) is 11.0. The maximum absolute atomic E-state index is 11.4. The van der Waals surface area contributed by atoms with Gasteiger partial charge in [-0.05, 0) is 0 Å². The van der Waals surface area contributed by atoms with Crippen LogP contribution in [0.1, 0.15) is 0 Å². The van der Waals surface area contributed by atoms with E-state index in [0.29, 0.717) is 11.2 Å². The van der Waals surface area contributed by atoms with Crippen molar-refractivity contribution in [2.75, 3.05) is 0 Å². The quantitative estimate of drug-likeness (QED) is 0.572. The molecule has 2 aromatic heterocycles. The molecule has 4 nitrogen and oxygen atoms in total. The first-order chi connectivity index (χ1) is 9.83. The molecule has 2 aromatic carbocycles. The number of fused-ring (bicyclic) bond motifs is 3. The Morgan fingerprint density at radius 3 is 2.40 bits per heavy atom. The van der Waals surface area contributed by atoms with Crippen LogP contribution in [0.5, 0.6) is 0 Å². The molecule has 0 aliphatic rings. The Morgan fingerprint density at radius 2 is 1.60 bits per heavy atom. The van der Waals surface area contributed by atoms with E-state index in [-0.39, 0.29) is 0 Å². The molecule has 0 atom stereocenters. The molecule has 0 saturated carbocycles. The summed E-state index contributed by atoms with van der Waals surface area (Å²) in [5.41, 5.74) is 2.80. The summed E-state index contributed by atoms with van der Waals surface area (Å²) in [6.07, 6.45) is 0. The van der Waals surface area contributed by atoms with E-state index >= 15 is 0 Å². The highest BCUT2D eigenvalue weighted by molar-refractivity contribution is 6.07. The molecule has 4 aromatic rings. The molecular formula is C16H10N2O2. The highest BCUT2D eigenvalue weighted by atomic mass is 16.4. The van der Waals surface area contributed by atoms with Crippen molar-refractivity contribution in [1.82, 2.24) is 9.97 Å². The van der Waals surface area contributed by atoms with Crippen molar-refractivity contribution in [2.45, 2.75) is 0 Å². The molecule has 0 spiro atoms. The van der Waals surface area contributed by atoms with Gasteiger partial charge in [0.05, 0.1) is 5.69 Å². The van der Waals surface area contributed by atoms with E-state index in [2.05, 4.69) is 9.97 Å². The van der Waals surface area contributed by atoms with Gasteiger partial charge in [0, 0.05) is 16.3 Å². The van der Waals surface area contributed by atoms with Gasteiger partial charge in [-0.1, -0.05) is 54.6 Å². The van der Waals surface area contributed by atoms with Gasteiger partial charge in [0.2, 0.25) is 5.71 Å². The molecule has 96 valence electrons. The Balaban J connectivity index is 2.21. The minimum atomic E-state index is -0.483. The molecule has 0 saturated heterocycles. The highest BCUT2D eigenvalue weighted by Gasteiger charge is 2.12. The minimum absolute atomic E-state index is 0.340. The summed E-state index contributed by atoms with van der Waals surface area (Å²) in [7, 11) is 0. The van der Waals surface area contributed by atoms with Crippen LogP contribution in [0.4, 0.5) is 0 Å². The number of H-pyrrole nitrogens is 1. The normalized spacial score (nSPS) is 11.2. The van der Waals surface area contributed by atoms with E-state index in [1.165, 1.54) is 0 Å². The van der Waals surface area contributed by atoms with Crippen LogP contribution in [-0.2, 0) is 0 Å². The number of nitrogens with one attached hydrogen (secondary N) is 1. The van der Waals surface area contributed by atoms with Crippen molar-refractivity contribution in [3.63, 3.8) is 0 Å². The number of hydrogen-bond donors (Lipinski definition) is 1. The highest BCUT2D eigenvalue weighted by Crippen LogP contribution is 2.30. The first-order valence-corrected chi connectivity index (χ1v) is 6.30. The van der Waals surface area contributed by atoms with Crippen LogP contribution in [-0.4, -0.2) is 9.97 Å². The molecule has 4 rings (SSSR count). The van der Waals surface area contributed by atoms with E-state index in [1.807, 2.05) is 54.6 Å². The summed E-state index contributed by atoms with van der Waals surface area (Å²) in [6.45, 7) is 0. The zero-order chi connectivity index (χ0) is 13.5. The fourth-order valence-corrected chi connectivity index (χ4v) is 2.47. The second kappa shape index (κ2) is 4.06. The molecule has 0 bridgehead atoms. The Bertz CT molecular complexity index is 968. The number of rotatable bonds is 1. The standard InChI is InChI=1S/C16H10N2O2/c19-16-18-14-12-9-5-4-8-11(12)13(17-15(14)20-16)10-6-2-1-3-7-10/h1-9H,(H,18,19). The molecule has 0 aliphatic carbocycles. The largest absolute Gasteiger partial charge is 0.418 e. The number of oxazole rings is 1. The van der Waals surface area contributed by atoms with Crippen LogP contribution in [0.3, 0.4) is 0 Å². The van der Waals surface area contributed by atoms with E-state index in [9.17, 15) is 4.79 Å². The Kier molecular flexibility index (Phi) is 2.23. The third-order valence-electron chi connectivity index (χ3n) is 3.34. The van der Waals surface area contributed by atoms with Gasteiger partial charge in [0.1, 0.15) is 5.52 Å². The van der Waals surface area contributed by atoms with Crippen molar-refractivity contribution < 1.29 is 4.42 Å². The maximum atomic E-state index is 11.4. The average Bonchev–Trinajstić information content (AvgIpc) is 2.88. The van der Waals surface area contributed by atoms with E-state index < -0.39 is 5.76 Å². The average molecular weight is 262 g/mol. The van der Waals surface area contributed by atoms with Crippen LogP contribution in [0.15, 0.2) is 63.8 Å². The van der Waals surface area contributed by atoms with Gasteiger partial charge in [-0.2, -0.15) is 0 Å². The summed E-state index contributed by atoms with van der Waals surface area (Å²) in [4.78, 5) is 18.6. The third-order valence-corrected chi connectivity index (χ3v) is 3.34. The Labute approximate surface area is 113 Å². The van der Waals surface area contributed by atoms with Gasteiger partial charge >= 0.3 is 5.76 Å². The fourth-order valence-electron chi connectivity index (χ4n) is 2.47. The number of hydrogen-bond acceptors (Lipinski definition) is 3. The number of aromatic nitrogens is 2. The van der Waals surface area contributed by atoms with E-state index in [0.717, 1.165) is 22.0 Å². The Hall–Kier alpha value is -2.88. The van der Waals surface area contributed by atoms with Crippen molar-refractivity contribution in [3.05, 3.63) is 65.1 Å². The molecule has 0 fully saturated rings. The molecule has 2 heterocycles. The molecule has 4 heteroatoms. The summed E-state index contributed by atoms with van der Waals surface area (Å²) < 4.78 is 5.12. The number of pyridine rings is 1. The van der Waals surface area contributed by atoms with Crippen molar-refractivity contribution >= 4 is 22.0 Å². The Morgan fingerprint density at radius 1 is 0.900 bits per heavy atom. The molecule has 0 unspecified atom stereocenters. The topological polar surface area (TPSA) is 58.9 Å². The van der Waals surface area contributed by atoms with Gasteiger partial charge in [0.25, 0.3) is 0 Å². The maximum Gasteiger partial charge on any atom is 0.418 e. The molecule has 0 radical (unpaired) electrons. The van der Waals surface area contributed by atoms with Crippen LogP contribution < -0.4 is 5.76 Å². The van der Waals surface area contributed by atoms with Gasteiger partial charge in [-0.15, -0.1) is 0 Å². The van der Waals surface area contributed by atoms with Crippen molar-refractivity contribution in [1.29, 1.82) is 0 Å². The lowest BCUT2D eigenvalue weighted by Crippen LogP contribution is -1.93. The van der Waals surface area contributed by atoms with Crippen LogP contribution >= 0.6 is 0 Å². The molecular weight excluding hydrogens is 252 g/mol. The van der Waals surface area contributed by atoms with Crippen molar-refractivity contribution in [3.8, 4) is 11.3 Å². The molecule has 1 N–H and O–H groups in total. The minimum Gasteiger partial charge on any atom is -0.389 e. The lowest BCUT2D eigenvalue weighted by Gasteiger charge is -2.06. The fraction of sp³-hybridized carbons (Fsp3) is 0.